The second kappa shape index (κ2) is 5.28. The molecule has 1 aromatic heterocycles. The molecule has 0 saturated carbocycles. The number of aromatic nitrogens is 2. The van der Waals surface area contributed by atoms with Gasteiger partial charge in [0.2, 0.25) is 5.82 Å². The lowest BCUT2D eigenvalue weighted by atomic mass is 10.1. The Balaban J connectivity index is 2.04. The molecular weight excluding hydrogens is 268 g/mol. The van der Waals surface area contributed by atoms with Gasteiger partial charge in [-0.25, -0.2) is 0 Å². The van der Waals surface area contributed by atoms with Gasteiger partial charge in [-0.2, -0.15) is 4.98 Å². The first-order valence-corrected chi connectivity index (χ1v) is 6.45. The lowest BCUT2D eigenvalue weighted by Crippen LogP contribution is -1.89. The standard InChI is InChI=1S/C16H14N2O3/c1-10-6-7-14(20-2)13(8-10)16-17-15(18-21-16)11-4-3-5-12(19)9-11/h3-9,19H,1-2H3. The van der Waals surface area contributed by atoms with Crippen molar-refractivity contribution in [2.75, 3.05) is 7.11 Å². The van der Waals surface area contributed by atoms with Gasteiger partial charge < -0.3 is 14.4 Å². The molecule has 106 valence electrons. The number of phenolic OH excluding ortho intramolecular Hbond substituents is 1. The first-order chi connectivity index (χ1) is 10.2. The van der Waals surface area contributed by atoms with E-state index >= 15 is 0 Å². The normalized spacial score (nSPS) is 10.6. The minimum Gasteiger partial charge on any atom is -0.508 e. The molecule has 1 heterocycles. The maximum Gasteiger partial charge on any atom is 0.262 e. The van der Waals surface area contributed by atoms with Gasteiger partial charge >= 0.3 is 0 Å². The van der Waals surface area contributed by atoms with Crippen molar-refractivity contribution >= 4 is 0 Å². The summed E-state index contributed by atoms with van der Waals surface area (Å²) < 4.78 is 10.6. The number of hydrogen-bond acceptors (Lipinski definition) is 5. The molecule has 0 bridgehead atoms. The second-order valence-corrected chi connectivity index (χ2v) is 4.68. The van der Waals surface area contributed by atoms with Crippen LogP contribution in [0.25, 0.3) is 22.8 Å². The maximum absolute atomic E-state index is 9.51. The third-order valence-corrected chi connectivity index (χ3v) is 3.12. The minimum atomic E-state index is 0.159. The smallest absolute Gasteiger partial charge is 0.262 e. The summed E-state index contributed by atoms with van der Waals surface area (Å²) in [4.78, 5) is 4.37. The van der Waals surface area contributed by atoms with Crippen LogP contribution in [0.2, 0.25) is 0 Å². The van der Waals surface area contributed by atoms with Gasteiger partial charge in [0, 0.05) is 5.56 Å². The van der Waals surface area contributed by atoms with E-state index in [-0.39, 0.29) is 5.75 Å². The summed E-state index contributed by atoms with van der Waals surface area (Å²) in [5, 5.41) is 13.5. The van der Waals surface area contributed by atoms with E-state index in [4.69, 9.17) is 9.26 Å². The molecule has 0 saturated heterocycles. The quantitative estimate of drug-likeness (QED) is 0.797. The van der Waals surface area contributed by atoms with Crippen LogP contribution in [-0.4, -0.2) is 22.4 Å². The van der Waals surface area contributed by atoms with Crippen molar-refractivity contribution in [1.29, 1.82) is 0 Å². The van der Waals surface area contributed by atoms with Gasteiger partial charge in [-0.15, -0.1) is 0 Å². The number of benzene rings is 2. The molecule has 5 nitrogen and oxygen atoms in total. The van der Waals surface area contributed by atoms with Crippen molar-refractivity contribution in [1.82, 2.24) is 10.1 Å². The van der Waals surface area contributed by atoms with Crippen LogP contribution in [0, 0.1) is 6.92 Å². The molecule has 3 aromatic rings. The molecule has 5 heteroatoms. The van der Waals surface area contributed by atoms with Crippen LogP contribution in [0.5, 0.6) is 11.5 Å². The summed E-state index contributed by atoms with van der Waals surface area (Å²) in [6.07, 6.45) is 0. The zero-order valence-corrected chi connectivity index (χ0v) is 11.7. The third kappa shape index (κ3) is 2.58. The number of hydrogen-bond donors (Lipinski definition) is 1. The number of aromatic hydroxyl groups is 1. The Morgan fingerprint density at radius 3 is 2.76 bits per heavy atom. The summed E-state index contributed by atoms with van der Waals surface area (Å²) in [5.74, 6) is 1.64. The zero-order valence-electron chi connectivity index (χ0n) is 11.7. The number of rotatable bonds is 3. The summed E-state index contributed by atoms with van der Waals surface area (Å²) in [6.45, 7) is 1.98. The fourth-order valence-electron chi connectivity index (χ4n) is 2.08. The summed E-state index contributed by atoms with van der Waals surface area (Å²) in [7, 11) is 1.60. The van der Waals surface area contributed by atoms with Gasteiger partial charge in [0.15, 0.2) is 0 Å². The molecule has 1 N–H and O–H groups in total. The lowest BCUT2D eigenvalue weighted by Gasteiger charge is -2.05. The Hall–Kier alpha value is -2.82. The topological polar surface area (TPSA) is 68.4 Å². The van der Waals surface area contributed by atoms with Crippen LogP contribution in [0.1, 0.15) is 5.56 Å². The fourth-order valence-corrected chi connectivity index (χ4v) is 2.08. The molecule has 0 aliphatic heterocycles. The van der Waals surface area contributed by atoms with Gasteiger partial charge in [0.05, 0.1) is 12.7 Å². The number of nitrogens with zero attached hydrogens (tertiary/aromatic N) is 2. The molecule has 0 amide bonds. The van der Waals surface area contributed by atoms with E-state index in [1.54, 1.807) is 25.3 Å². The van der Waals surface area contributed by atoms with Crippen LogP contribution in [0.3, 0.4) is 0 Å². The first kappa shape index (κ1) is 13.2. The van der Waals surface area contributed by atoms with Crippen molar-refractivity contribution in [2.24, 2.45) is 0 Å². The lowest BCUT2D eigenvalue weighted by molar-refractivity contribution is 0.405. The molecule has 0 atom stereocenters. The number of phenols is 1. The monoisotopic (exact) mass is 282 g/mol. The summed E-state index contributed by atoms with van der Waals surface area (Å²) in [5.41, 5.74) is 2.51. The van der Waals surface area contributed by atoms with Gasteiger partial charge in [0.25, 0.3) is 5.89 Å². The highest BCUT2D eigenvalue weighted by molar-refractivity contribution is 5.66. The molecule has 0 radical (unpaired) electrons. The Morgan fingerprint density at radius 1 is 1.14 bits per heavy atom. The first-order valence-electron chi connectivity index (χ1n) is 6.45. The predicted molar refractivity (Wildman–Crippen MR) is 78.1 cm³/mol. The van der Waals surface area contributed by atoms with Crippen LogP contribution < -0.4 is 4.74 Å². The average Bonchev–Trinajstić information content (AvgIpc) is 2.97. The third-order valence-electron chi connectivity index (χ3n) is 3.12. The fraction of sp³-hybridized carbons (Fsp3) is 0.125. The van der Waals surface area contributed by atoms with Crippen molar-refractivity contribution in [2.45, 2.75) is 6.92 Å². The van der Waals surface area contributed by atoms with Gasteiger partial charge in [-0.3, -0.25) is 0 Å². The Kier molecular flexibility index (Phi) is 3.31. The van der Waals surface area contributed by atoms with E-state index in [0.29, 0.717) is 23.0 Å². The van der Waals surface area contributed by atoms with E-state index in [0.717, 1.165) is 11.1 Å². The van der Waals surface area contributed by atoms with Gasteiger partial charge in [-0.05, 0) is 31.2 Å². The predicted octanol–water partition coefficient (Wildman–Crippen LogP) is 3.43. The SMILES string of the molecule is COc1ccc(C)cc1-c1nc(-c2cccc(O)c2)no1. The minimum absolute atomic E-state index is 0.159. The number of aryl methyl sites for hydroxylation is 1. The van der Waals surface area contributed by atoms with Crippen LogP contribution >= 0.6 is 0 Å². The van der Waals surface area contributed by atoms with Crippen molar-refractivity contribution in [3.05, 3.63) is 48.0 Å². The van der Waals surface area contributed by atoms with E-state index in [1.807, 2.05) is 31.2 Å². The summed E-state index contributed by atoms with van der Waals surface area (Å²) in [6, 6.07) is 12.5. The highest BCUT2D eigenvalue weighted by Crippen LogP contribution is 2.31. The largest absolute Gasteiger partial charge is 0.508 e. The molecule has 3 rings (SSSR count). The van der Waals surface area contributed by atoms with E-state index < -0.39 is 0 Å². The highest BCUT2D eigenvalue weighted by Gasteiger charge is 2.15. The van der Waals surface area contributed by atoms with Gasteiger partial charge in [-0.1, -0.05) is 28.9 Å². The number of methoxy groups -OCH3 is 1. The van der Waals surface area contributed by atoms with Crippen molar-refractivity contribution in [3.8, 4) is 34.3 Å². The molecule has 0 unspecified atom stereocenters. The second-order valence-electron chi connectivity index (χ2n) is 4.68. The highest BCUT2D eigenvalue weighted by atomic mass is 16.5. The van der Waals surface area contributed by atoms with Crippen LogP contribution in [0.4, 0.5) is 0 Å². The van der Waals surface area contributed by atoms with Crippen LogP contribution in [0.15, 0.2) is 47.0 Å². The average molecular weight is 282 g/mol. The molecular formula is C16H14N2O3. The molecule has 0 spiro atoms. The number of ether oxygens (including phenoxy) is 1. The molecule has 0 aliphatic carbocycles. The molecule has 2 aromatic carbocycles. The maximum atomic E-state index is 9.51. The Bertz CT molecular complexity index is 781. The molecule has 21 heavy (non-hydrogen) atoms. The van der Waals surface area contributed by atoms with Crippen LogP contribution in [-0.2, 0) is 0 Å². The van der Waals surface area contributed by atoms with E-state index in [2.05, 4.69) is 10.1 Å². The molecule has 0 aliphatic rings. The summed E-state index contributed by atoms with van der Waals surface area (Å²) >= 11 is 0. The van der Waals surface area contributed by atoms with Crippen molar-refractivity contribution in [3.63, 3.8) is 0 Å². The van der Waals surface area contributed by atoms with Gasteiger partial charge in [0.1, 0.15) is 11.5 Å². The van der Waals surface area contributed by atoms with Crippen molar-refractivity contribution < 1.29 is 14.4 Å². The molecule has 0 fully saturated rings. The Labute approximate surface area is 121 Å². The zero-order chi connectivity index (χ0) is 14.8. The Morgan fingerprint density at radius 2 is 2.00 bits per heavy atom. The van der Waals surface area contributed by atoms with E-state index in [9.17, 15) is 5.11 Å². The van der Waals surface area contributed by atoms with E-state index in [1.165, 1.54) is 0 Å².